The number of hydrogen-bond acceptors (Lipinski definition) is 5. The van der Waals surface area contributed by atoms with Crippen LogP contribution in [0.3, 0.4) is 0 Å². The molecule has 0 fully saturated rings. The number of aliphatic hydroxyl groups excluding tert-OH is 1. The first-order valence-corrected chi connectivity index (χ1v) is 3.33. The molecule has 0 radical (unpaired) electrons. The molecule has 11 heavy (non-hydrogen) atoms. The number of rotatable bonds is 3. The normalized spacial score (nSPS) is 13.0. The van der Waals surface area contributed by atoms with Crippen LogP contribution < -0.4 is 5.32 Å². The van der Waals surface area contributed by atoms with E-state index < -0.39 is 0 Å². The molecule has 0 aliphatic carbocycles. The Morgan fingerprint density at radius 2 is 2.45 bits per heavy atom. The van der Waals surface area contributed by atoms with Crippen molar-refractivity contribution in [2.24, 2.45) is 7.05 Å². The van der Waals surface area contributed by atoms with E-state index in [4.69, 9.17) is 5.11 Å². The second kappa shape index (κ2) is 3.29. The lowest BCUT2D eigenvalue weighted by Crippen LogP contribution is -2.21. The summed E-state index contributed by atoms with van der Waals surface area (Å²) in [4.78, 5) is 0. The van der Waals surface area contributed by atoms with Crippen LogP contribution in [0, 0.1) is 0 Å². The molecule has 1 aromatic heterocycles. The topological polar surface area (TPSA) is 75.9 Å². The number of hydrogen-bond donors (Lipinski definition) is 2. The van der Waals surface area contributed by atoms with Gasteiger partial charge in [0.15, 0.2) is 0 Å². The lowest BCUT2D eigenvalue weighted by Gasteiger charge is -2.08. The molecule has 0 spiro atoms. The van der Waals surface area contributed by atoms with Gasteiger partial charge < -0.3 is 10.4 Å². The lowest BCUT2D eigenvalue weighted by molar-refractivity contribution is 0.280. The van der Waals surface area contributed by atoms with Crippen LogP contribution in [-0.2, 0) is 7.05 Å². The number of tetrazole rings is 1. The number of anilines is 1. The van der Waals surface area contributed by atoms with Crippen LogP contribution in [0.4, 0.5) is 5.95 Å². The SMILES string of the molecule is C[C@@H](CO)Nc1nnnn1C. The standard InChI is InChI=1S/C5H11N5O/c1-4(3-11)6-5-7-8-9-10(5)2/h4,11H,3H2,1-2H3,(H,6,7,9)/t4-/m0/s1. The fraction of sp³-hybridized carbons (Fsp3) is 0.800. The summed E-state index contributed by atoms with van der Waals surface area (Å²) < 4.78 is 1.51. The van der Waals surface area contributed by atoms with Crippen LogP contribution in [0.2, 0.25) is 0 Å². The third kappa shape index (κ3) is 1.87. The zero-order valence-corrected chi connectivity index (χ0v) is 6.52. The van der Waals surface area contributed by atoms with Gasteiger partial charge in [-0.15, -0.1) is 0 Å². The Balaban J connectivity index is 2.56. The maximum Gasteiger partial charge on any atom is 0.242 e. The van der Waals surface area contributed by atoms with Gasteiger partial charge in [0, 0.05) is 13.1 Å². The minimum absolute atomic E-state index is 0.0281. The molecule has 0 unspecified atom stereocenters. The molecule has 1 heterocycles. The Kier molecular flexibility index (Phi) is 2.37. The van der Waals surface area contributed by atoms with E-state index in [1.54, 1.807) is 7.05 Å². The quantitative estimate of drug-likeness (QED) is 0.588. The molecule has 6 heteroatoms. The van der Waals surface area contributed by atoms with Gasteiger partial charge in [-0.3, -0.25) is 0 Å². The second-order valence-corrected chi connectivity index (χ2v) is 2.35. The molecule has 1 aromatic rings. The molecule has 1 atom stereocenters. The monoisotopic (exact) mass is 157 g/mol. The summed E-state index contributed by atoms with van der Waals surface area (Å²) in [7, 11) is 1.73. The molecule has 0 aliphatic rings. The Bertz CT molecular complexity index is 222. The number of nitrogens with zero attached hydrogens (tertiary/aromatic N) is 4. The fourth-order valence-corrected chi connectivity index (χ4v) is 0.618. The fourth-order valence-electron chi connectivity index (χ4n) is 0.618. The first-order valence-electron chi connectivity index (χ1n) is 3.33. The molecule has 1 rings (SSSR count). The van der Waals surface area contributed by atoms with Gasteiger partial charge in [-0.05, 0) is 17.4 Å². The van der Waals surface area contributed by atoms with Crippen molar-refractivity contribution < 1.29 is 5.11 Å². The van der Waals surface area contributed by atoms with Crippen LogP contribution in [0.5, 0.6) is 0 Å². The Hall–Kier alpha value is -1.17. The summed E-state index contributed by atoms with van der Waals surface area (Å²) >= 11 is 0. The van der Waals surface area contributed by atoms with Crippen LogP contribution in [-0.4, -0.2) is 38.0 Å². The Morgan fingerprint density at radius 1 is 1.73 bits per heavy atom. The van der Waals surface area contributed by atoms with Crippen molar-refractivity contribution in [2.75, 3.05) is 11.9 Å². The lowest BCUT2D eigenvalue weighted by atomic mass is 10.4. The highest BCUT2D eigenvalue weighted by atomic mass is 16.3. The van der Waals surface area contributed by atoms with Gasteiger partial charge >= 0.3 is 0 Å². The maximum atomic E-state index is 8.68. The van der Waals surface area contributed by atoms with Crippen LogP contribution in [0.1, 0.15) is 6.92 Å². The highest BCUT2D eigenvalue weighted by molar-refractivity contribution is 5.22. The molecule has 0 aromatic carbocycles. The van der Waals surface area contributed by atoms with E-state index in [2.05, 4.69) is 20.8 Å². The summed E-state index contributed by atoms with van der Waals surface area (Å²) in [5.74, 6) is 0.562. The van der Waals surface area contributed by atoms with Gasteiger partial charge in [-0.25, -0.2) is 4.68 Å². The average Bonchev–Trinajstić information content (AvgIpc) is 2.37. The van der Waals surface area contributed by atoms with Gasteiger partial charge in [0.25, 0.3) is 0 Å². The molecule has 0 aliphatic heterocycles. The average molecular weight is 157 g/mol. The molecule has 0 bridgehead atoms. The molecule has 0 amide bonds. The molecule has 2 N–H and O–H groups in total. The van der Waals surface area contributed by atoms with Gasteiger partial charge in [-0.1, -0.05) is 5.10 Å². The highest BCUT2D eigenvalue weighted by Crippen LogP contribution is 1.97. The molecular weight excluding hydrogens is 146 g/mol. The van der Waals surface area contributed by atoms with E-state index in [0.717, 1.165) is 0 Å². The smallest absolute Gasteiger partial charge is 0.242 e. The predicted molar refractivity (Wildman–Crippen MR) is 39.0 cm³/mol. The van der Waals surface area contributed by atoms with Crippen molar-refractivity contribution in [1.29, 1.82) is 0 Å². The number of aryl methyl sites for hydroxylation is 1. The van der Waals surface area contributed by atoms with E-state index in [9.17, 15) is 0 Å². The highest BCUT2D eigenvalue weighted by Gasteiger charge is 2.04. The number of aliphatic hydroxyl groups is 1. The molecular formula is C5H11N5O. The predicted octanol–water partition coefficient (Wildman–Crippen LogP) is -0.997. The van der Waals surface area contributed by atoms with Crippen molar-refractivity contribution in [3.63, 3.8) is 0 Å². The minimum atomic E-state index is -0.0281. The van der Waals surface area contributed by atoms with Gasteiger partial charge in [0.2, 0.25) is 5.95 Å². The van der Waals surface area contributed by atoms with Crippen LogP contribution in [0.25, 0.3) is 0 Å². The third-order valence-corrected chi connectivity index (χ3v) is 1.27. The van der Waals surface area contributed by atoms with Crippen molar-refractivity contribution >= 4 is 5.95 Å². The van der Waals surface area contributed by atoms with E-state index in [0.29, 0.717) is 5.95 Å². The zero-order valence-electron chi connectivity index (χ0n) is 6.52. The van der Waals surface area contributed by atoms with Crippen molar-refractivity contribution in [1.82, 2.24) is 20.2 Å². The second-order valence-electron chi connectivity index (χ2n) is 2.35. The van der Waals surface area contributed by atoms with Crippen molar-refractivity contribution in [3.8, 4) is 0 Å². The van der Waals surface area contributed by atoms with E-state index in [1.165, 1.54) is 4.68 Å². The van der Waals surface area contributed by atoms with E-state index >= 15 is 0 Å². The summed E-state index contributed by atoms with van der Waals surface area (Å²) in [5.41, 5.74) is 0. The van der Waals surface area contributed by atoms with Gasteiger partial charge in [0.1, 0.15) is 0 Å². The van der Waals surface area contributed by atoms with Crippen LogP contribution >= 0.6 is 0 Å². The third-order valence-electron chi connectivity index (χ3n) is 1.27. The van der Waals surface area contributed by atoms with Crippen LogP contribution in [0.15, 0.2) is 0 Å². The minimum Gasteiger partial charge on any atom is -0.394 e. The molecule has 0 saturated heterocycles. The van der Waals surface area contributed by atoms with Crippen molar-refractivity contribution in [2.45, 2.75) is 13.0 Å². The Morgan fingerprint density at radius 3 is 2.91 bits per heavy atom. The van der Waals surface area contributed by atoms with Gasteiger partial charge in [0.05, 0.1) is 6.61 Å². The largest absolute Gasteiger partial charge is 0.394 e. The van der Waals surface area contributed by atoms with E-state index in [-0.39, 0.29) is 12.6 Å². The summed E-state index contributed by atoms with van der Waals surface area (Å²) in [6, 6.07) is -0.0281. The summed E-state index contributed by atoms with van der Waals surface area (Å²) in [5, 5.41) is 22.3. The van der Waals surface area contributed by atoms with E-state index in [1.807, 2.05) is 6.92 Å². The zero-order chi connectivity index (χ0) is 8.27. The Labute approximate surface area is 64.2 Å². The molecule has 6 nitrogen and oxygen atoms in total. The molecule has 62 valence electrons. The van der Waals surface area contributed by atoms with Gasteiger partial charge in [-0.2, -0.15) is 0 Å². The summed E-state index contributed by atoms with van der Waals surface area (Å²) in [6.45, 7) is 1.90. The molecule has 0 saturated carbocycles. The number of aromatic nitrogens is 4. The number of nitrogens with one attached hydrogen (secondary N) is 1. The summed E-state index contributed by atoms with van der Waals surface area (Å²) in [6.07, 6.45) is 0. The first kappa shape index (κ1) is 7.93. The maximum absolute atomic E-state index is 8.68. The first-order chi connectivity index (χ1) is 5.24. The van der Waals surface area contributed by atoms with Crippen molar-refractivity contribution in [3.05, 3.63) is 0 Å².